The third-order valence-electron chi connectivity index (χ3n) is 3.32. The van der Waals surface area contributed by atoms with Crippen LogP contribution in [-0.2, 0) is 9.47 Å². The Kier molecular flexibility index (Phi) is 11.8. The molecule has 2 unspecified atom stereocenters. The van der Waals surface area contributed by atoms with Crippen molar-refractivity contribution in [2.75, 3.05) is 47.1 Å². The second-order valence-corrected chi connectivity index (χ2v) is 4.88. The van der Waals surface area contributed by atoms with Gasteiger partial charge in [-0.05, 0) is 39.8 Å². The fourth-order valence-corrected chi connectivity index (χ4v) is 2.27. The average molecular weight is 260 g/mol. The predicted molar refractivity (Wildman–Crippen MR) is 77.2 cm³/mol. The molecule has 0 spiro atoms. The lowest BCUT2D eigenvalue weighted by Crippen LogP contribution is -2.44. The Morgan fingerprint density at radius 3 is 2.39 bits per heavy atom. The van der Waals surface area contributed by atoms with Crippen molar-refractivity contribution in [2.24, 2.45) is 0 Å². The van der Waals surface area contributed by atoms with Gasteiger partial charge in [0.15, 0.2) is 0 Å². The molecule has 1 N–H and O–H groups in total. The van der Waals surface area contributed by atoms with E-state index in [1.807, 2.05) is 0 Å². The first-order valence-corrected chi connectivity index (χ1v) is 7.11. The molecule has 0 saturated heterocycles. The highest BCUT2D eigenvalue weighted by atomic mass is 16.5. The van der Waals surface area contributed by atoms with E-state index in [0.717, 1.165) is 32.8 Å². The number of ether oxygens (including phenoxy) is 2. The van der Waals surface area contributed by atoms with Crippen molar-refractivity contribution >= 4 is 0 Å². The molecule has 18 heavy (non-hydrogen) atoms. The van der Waals surface area contributed by atoms with Gasteiger partial charge in [0, 0.05) is 32.8 Å². The zero-order valence-electron chi connectivity index (χ0n) is 12.9. The molecule has 0 aliphatic rings. The van der Waals surface area contributed by atoms with Crippen molar-refractivity contribution in [3.8, 4) is 0 Å². The summed E-state index contributed by atoms with van der Waals surface area (Å²) in [6.45, 7) is 11.4. The minimum absolute atomic E-state index is 0.444. The standard InChI is InChI=1S/C14H32N2O2/c1-6-15-9-7-8-13(2)16(10-11-17-4)14(3)12-18-5/h13-15H,6-12H2,1-5H3. The third-order valence-corrected chi connectivity index (χ3v) is 3.32. The van der Waals surface area contributed by atoms with Gasteiger partial charge >= 0.3 is 0 Å². The molecular weight excluding hydrogens is 228 g/mol. The van der Waals surface area contributed by atoms with Gasteiger partial charge in [-0.15, -0.1) is 0 Å². The normalized spacial score (nSPS) is 15.0. The maximum absolute atomic E-state index is 5.26. The molecule has 0 aliphatic heterocycles. The minimum atomic E-state index is 0.444. The first kappa shape index (κ1) is 17.8. The lowest BCUT2D eigenvalue weighted by atomic mass is 10.1. The van der Waals surface area contributed by atoms with Crippen LogP contribution in [0.15, 0.2) is 0 Å². The summed E-state index contributed by atoms with van der Waals surface area (Å²) in [5.41, 5.74) is 0. The fourth-order valence-electron chi connectivity index (χ4n) is 2.27. The van der Waals surface area contributed by atoms with Gasteiger partial charge < -0.3 is 14.8 Å². The first-order valence-electron chi connectivity index (χ1n) is 7.11. The highest BCUT2D eigenvalue weighted by Gasteiger charge is 2.19. The zero-order chi connectivity index (χ0) is 13.8. The van der Waals surface area contributed by atoms with Crippen LogP contribution in [0.1, 0.15) is 33.6 Å². The maximum Gasteiger partial charge on any atom is 0.0615 e. The molecule has 0 aliphatic carbocycles. The smallest absolute Gasteiger partial charge is 0.0615 e. The van der Waals surface area contributed by atoms with Crippen LogP contribution < -0.4 is 5.32 Å². The van der Waals surface area contributed by atoms with E-state index in [9.17, 15) is 0 Å². The summed E-state index contributed by atoms with van der Waals surface area (Å²) >= 11 is 0. The highest BCUT2D eigenvalue weighted by Crippen LogP contribution is 2.11. The Morgan fingerprint density at radius 1 is 1.11 bits per heavy atom. The molecule has 0 aromatic rings. The van der Waals surface area contributed by atoms with Crippen molar-refractivity contribution in [3.63, 3.8) is 0 Å². The van der Waals surface area contributed by atoms with Crippen LogP contribution in [0.3, 0.4) is 0 Å². The van der Waals surface area contributed by atoms with Crippen LogP contribution in [0.5, 0.6) is 0 Å². The van der Waals surface area contributed by atoms with Crippen molar-refractivity contribution < 1.29 is 9.47 Å². The number of rotatable bonds is 12. The van der Waals surface area contributed by atoms with Crippen molar-refractivity contribution in [1.29, 1.82) is 0 Å². The summed E-state index contributed by atoms with van der Waals surface area (Å²) in [5.74, 6) is 0. The van der Waals surface area contributed by atoms with Crippen LogP contribution in [0, 0.1) is 0 Å². The molecule has 0 rings (SSSR count). The Labute approximate surface area is 113 Å². The van der Waals surface area contributed by atoms with Gasteiger partial charge in [0.25, 0.3) is 0 Å². The molecule has 0 saturated carbocycles. The zero-order valence-corrected chi connectivity index (χ0v) is 12.9. The van der Waals surface area contributed by atoms with E-state index in [2.05, 4.69) is 31.0 Å². The van der Waals surface area contributed by atoms with Crippen molar-refractivity contribution in [1.82, 2.24) is 10.2 Å². The largest absolute Gasteiger partial charge is 0.383 e. The fraction of sp³-hybridized carbons (Fsp3) is 1.00. The van der Waals surface area contributed by atoms with Crippen LogP contribution >= 0.6 is 0 Å². The molecule has 2 atom stereocenters. The van der Waals surface area contributed by atoms with Gasteiger partial charge in [0.1, 0.15) is 0 Å². The number of hydrogen-bond donors (Lipinski definition) is 1. The first-order chi connectivity index (χ1) is 8.67. The molecular formula is C14H32N2O2. The molecule has 0 fully saturated rings. The summed E-state index contributed by atoms with van der Waals surface area (Å²) in [6, 6.07) is 1.02. The number of nitrogens with zero attached hydrogens (tertiary/aromatic N) is 1. The van der Waals surface area contributed by atoms with Gasteiger partial charge in [-0.2, -0.15) is 0 Å². The van der Waals surface area contributed by atoms with Gasteiger partial charge in [-0.1, -0.05) is 6.92 Å². The lowest BCUT2D eigenvalue weighted by Gasteiger charge is -2.34. The summed E-state index contributed by atoms with van der Waals surface area (Å²) < 4.78 is 10.5. The molecule has 4 heteroatoms. The number of nitrogens with one attached hydrogen (secondary N) is 1. The average Bonchev–Trinajstić information content (AvgIpc) is 2.35. The van der Waals surface area contributed by atoms with Crippen LogP contribution in [-0.4, -0.2) is 64.1 Å². The highest BCUT2D eigenvalue weighted by molar-refractivity contribution is 4.74. The monoisotopic (exact) mass is 260 g/mol. The lowest BCUT2D eigenvalue weighted by molar-refractivity contribution is 0.0489. The van der Waals surface area contributed by atoms with E-state index >= 15 is 0 Å². The summed E-state index contributed by atoms with van der Waals surface area (Å²) in [5, 5.41) is 3.37. The van der Waals surface area contributed by atoms with Crippen LogP contribution in [0.4, 0.5) is 0 Å². The van der Waals surface area contributed by atoms with Crippen molar-refractivity contribution in [3.05, 3.63) is 0 Å². The summed E-state index contributed by atoms with van der Waals surface area (Å²) in [7, 11) is 3.52. The van der Waals surface area contributed by atoms with E-state index < -0.39 is 0 Å². The van der Waals surface area contributed by atoms with Gasteiger partial charge in [0.2, 0.25) is 0 Å². The Balaban J connectivity index is 4.08. The topological polar surface area (TPSA) is 33.7 Å². The van der Waals surface area contributed by atoms with E-state index in [1.54, 1.807) is 14.2 Å². The van der Waals surface area contributed by atoms with Crippen LogP contribution in [0.2, 0.25) is 0 Å². The van der Waals surface area contributed by atoms with Gasteiger partial charge in [-0.25, -0.2) is 0 Å². The van der Waals surface area contributed by atoms with E-state index in [0.29, 0.717) is 12.1 Å². The Hall–Kier alpha value is -0.160. The van der Waals surface area contributed by atoms with Crippen LogP contribution in [0.25, 0.3) is 0 Å². The Bertz CT molecular complexity index is 179. The second kappa shape index (κ2) is 11.9. The molecule has 0 aromatic carbocycles. The van der Waals surface area contributed by atoms with E-state index in [4.69, 9.17) is 9.47 Å². The maximum atomic E-state index is 5.26. The van der Waals surface area contributed by atoms with E-state index in [-0.39, 0.29) is 0 Å². The second-order valence-electron chi connectivity index (χ2n) is 4.88. The van der Waals surface area contributed by atoms with Crippen molar-refractivity contribution in [2.45, 2.75) is 45.7 Å². The molecule has 0 amide bonds. The minimum Gasteiger partial charge on any atom is -0.383 e. The third kappa shape index (κ3) is 8.03. The van der Waals surface area contributed by atoms with Gasteiger partial charge in [-0.3, -0.25) is 4.90 Å². The SMILES string of the molecule is CCNCCCC(C)N(CCOC)C(C)COC. The quantitative estimate of drug-likeness (QED) is 0.542. The predicted octanol–water partition coefficient (Wildman–Crippen LogP) is 1.75. The number of hydrogen-bond acceptors (Lipinski definition) is 4. The molecule has 0 bridgehead atoms. The van der Waals surface area contributed by atoms with Gasteiger partial charge in [0.05, 0.1) is 13.2 Å². The molecule has 0 radical (unpaired) electrons. The molecule has 0 aromatic heterocycles. The number of methoxy groups -OCH3 is 2. The molecule has 110 valence electrons. The molecule has 4 nitrogen and oxygen atoms in total. The van der Waals surface area contributed by atoms with E-state index in [1.165, 1.54) is 12.8 Å². The molecule has 0 heterocycles. The summed E-state index contributed by atoms with van der Waals surface area (Å²) in [4.78, 5) is 2.49. The summed E-state index contributed by atoms with van der Waals surface area (Å²) in [6.07, 6.45) is 2.43. The Morgan fingerprint density at radius 2 is 1.83 bits per heavy atom.